The van der Waals surface area contributed by atoms with Crippen molar-refractivity contribution in [1.82, 2.24) is 20.0 Å². The molecular weight excluding hydrogens is 486 g/mol. The quantitative estimate of drug-likeness (QED) is 0.418. The average molecular weight is 530 g/mol. The maximum Gasteiger partial charge on any atom is 0.228 e. The Balaban J connectivity index is 1.51. The number of carbonyl (C=O) groups is 2. The monoisotopic (exact) mass is 529 g/mol. The molecule has 1 aliphatic carbocycles. The number of nitrogens with zero attached hydrogens (tertiary/aromatic N) is 3. The summed E-state index contributed by atoms with van der Waals surface area (Å²) >= 11 is 6.14. The fraction of sp³-hybridized carbons (Fsp3) is 0.690. The van der Waals surface area contributed by atoms with Crippen LogP contribution in [0.1, 0.15) is 71.3 Å². The number of hydrogen-bond donors (Lipinski definition) is 2. The molecule has 3 atom stereocenters. The SMILES string of the molecule is CCNC(=N)N1C[C@@H](C(=O)N2CC[C@H](N(C(=O)C(C)C)[C@H]3CC[C@@H](C)CC3)C2)[C@H](c2ccc(Cl)cc2)C1. The van der Waals surface area contributed by atoms with Gasteiger partial charge in [0.15, 0.2) is 5.96 Å². The molecular formula is C29H44ClN5O2. The van der Waals surface area contributed by atoms with Crippen molar-refractivity contribution >= 4 is 29.4 Å². The normalized spacial score (nSPS) is 28.0. The highest BCUT2D eigenvalue weighted by atomic mass is 35.5. The summed E-state index contributed by atoms with van der Waals surface area (Å²) in [5.74, 6) is 1.19. The Labute approximate surface area is 227 Å². The third kappa shape index (κ3) is 6.24. The van der Waals surface area contributed by atoms with E-state index >= 15 is 0 Å². The number of nitrogens with one attached hydrogen (secondary N) is 2. The Morgan fingerprint density at radius 3 is 2.32 bits per heavy atom. The average Bonchev–Trinajstić information content (AvgIpc) is 3.54. The molecule has 2 heterocycles. The van der Waals surface area contributed by atoms with E-state index in [2.05, 4.69) is 17.1 Å². The Morgan fingerprint density at radius 2 is 1.70 bits per heavy atom. The van der Waals surface area contributed by atoms with E-state index in [1.807, 2.05) is 54.8 Å². The lowest BCUT2D eigenvalue weighted by atomic mass is 9.85. The van der Waals surface area contributed by atoms with Crippen molar-refractivity contribution in [2.24, 2.45) is 17.8 Å². The Bertz CT molecular complexity index is 960. The van der Waals surface area contributed by atoms with Crippen molar-refractivity contribution in [3.8, 4) is 0 Å². The minimum atomic E-state index is -0.233. The van der Waals surface area contributed by atoms with Crippen molar-refractivity contribution in [3.63, 3.8) is 0 Å². The summed E-state index contributed by atoms with van der Waals surface area (Å²) < 4.78 is 0. The fourth-order valence-electron chi connectivity index (χ4n) is 6.44. The minimum Gasteiger partial charge on any atom is -0.357 e. The molecule has 0 aromatic heterocycles. The summed E-state index contributed by atoms with van der Waals surface area (Å²) in [6.07, 6.45) is 5.30. The van der Waals surface area contributed by atoms with Crippen LogP contribution in [-0.2, 0) is 9.59 Å². The van der Waals surface area contributed by atoms with E-state index in [0.29, 0.717) is 43.7 Å². The van der Waals surface area contributed by atoms with Gasteiger partial charge in [-0.25, -0.2) is 0 Å². The number of amides is 2. The number of benzene rings is 1. The van der Waals surface area contributed by atoms with Gasteiger partial charge in [-0.2, -0.15) is 0 Å². The molecule has 2 aliphatic heterocycles. The third-order valence-electron chi connectivity index (χ3n) is 8.59. The molecule has 2 N–H and O–H groups in total. The predicted molar refractivity (Wildman–Crippen MR) is 149 cm³/mol. The molecule has 7 nitrogen and oxygen atoms in total. The van der Waals surface area contributed by atoms with Crippen LogP contribution >= 0.6 is 11.6 Å². The molecule has 2 amide bonds. The second-order valence-corrected chi connectivity index (χ2v) is 12.0. The van der Waals surface area contributed by atoms with Crippen LogP contribution in [0, 0.1) is 23.2 Å². The Kier molecular flexibility index (Phi) is 9.04. The van der Waals surface area contributed by atoms with Crippen LogP contribution in [0.5, 0.6) is 0 Å². The highest BCUT2D eigenvalue weighted by Gasteiger charge is 2.44. The summed E-state index contributed by atoms with van der Waals surface area (Å²) in [7, 11) is 0. The van der Waals surface area contributed by atoms with Crippen molar-refractivity contribution in [2.45, 2.75) is 77.8 Å². The maximum absolute atomic E-state index is 14.0. The molecule has 0 unspecified atom stereocenters. The van der Waals surface area contributed by atoms with E-state index in [4.69, 9.17) is 17.0 Å². The molecule has 4 rings (SSSR count). The van der Waals surface area contributed by atoms with Crippen LogP contribution < -0.4 is 5.32 Å². The number of rotatable bonds is 6. The van der Waals surface area contributed by atoms with Gasteiger partial charge in [0, 0.05) is 55.6 Å². The summed E-state index contributed by atoms with van der Waals surface area (Å²) in [6, 6.07) is 8.15. The molecule has 204 valence electrons. The highest BCUT2D eigenvalue weighted by molar-refractivity contribution is 6.30. The first kappa shape index (κ1) is 27.7. The number of halogens is 1. The summed E-state index contributed by atoms with van der Waals surface area (Å²) in [4.78, 5) is 33.5. The van der Waals surface area contributed by atoms with Crippen LogP contribution in [0.25, 0.3) is 0 Å². The lowest BCUT2D eigenvalue weighted by molar-refractivity contribution is -0.142. The van der Waals surface area contributed by atoms with Crippen LogP contribution in [-0.4, -0.2) is 77.3 Å². The predicted octanol–water partition coefficient (Wildman–Crippen LogP) is 4.56. The van der Waals surface area contributed by atoms with Gasteiger partial charge in [-0.3, -0.25) is 15.0 Å². The topological polar surface area (TPSA) is 79.7 Å². The van der Waals surface area contributed by atoms with Gasteiger partial charge in [0.1, 0.15) is 0 Å². The largest absolute Gasteiger partial charge is 0.357 e. The van der Waals surface area contributed by atoms with Gasteiger partial charge in [-0.1, -0.05) is 44.5 Å². The lowest BCUT2D eigenvalue weighted by Gasteiger charge is -2.41. The molecule has 8 heteroatoms. The molecule has 0 bridgehead atoms. The van der Waals surface area contributed by atoms with E-state index in [0.717, 1.165) is 30.7 Å². The first-order valence-electron chi connectivity index (χ1n) is 14.1. The summed E-state index contributed by atoms with van der Waals surface area (Å²) in [6.45, 7) is 11.4. The molecule has 2 saturated heterocycles. The summed E-state index contributed by atoms with van der Waals surface area (Å²) in [5.41, 5.74) is 1.08. The molecule has 1 aromatic rings. The van der Waals surface area contributed by atoms with Gasteiger partial charge in [0.2, 0.25) is 11.8 Å². The van der Waals surface area contributed by atoms with Crippen LogP contribution in [0.4, 0.5) is 0 Å². The maximum atomic E-state index is 14.0. The van der Waals surface area contributed by atoms with Gasteiger partial charge in [-0.05, 0) is 62.6 Å². The standard InChI is InChI=1S/C29H44ClN5O2/c1-5-32-29(31)34-17-25(21-8-10-22(30)11-9-21)26(18-34)28(37)33-15-14-24(16-33)35(27(36)19(2)3)23-12-6-20(4)7-13-23/h8-11,19-20,23-26H,5-7,12-18H2,1-4H3,(H2,31,32)/t20-,23+,24-,25-,26+/m0/s1. The molecule has 37 heavy (non-hydrogen) atoms. The molecule has 1 aromatic carbocycles. The first-order chi connectivity index (χ1) is 17.7. The van der Waals surface area contributed by atoms with Crippen molar-refractivity contribution < 1.29 is 9.59 Å². The number of hydrogen-bond acceptors (Lipinski definition) is 3. The Hall–Kier alpha value is -2.28. The van der Waals surface area contributed by atoms with Gasteiger partial charge < -0.3 is 20.0 Å². The number of guanidine groups is 1. The summed E-state index contributed by atoms with van der Waals surface area (Å²) in [5, 5.41) is 12.2. The zero-order chi connectivity index (χ0) is 26.7. The van der Waals surface area contributed by atoms with Crippen LogP contribution in [0.15, 0.2) is 24.3 Å². The molecule has 3 aliphatic rings. The fourth-order valence-corrected chi connectivity index (χ4v) is 6.57. The van der Waals surface area contributed by atoms with E-state index in [9.17, 15) is 9.59 Å². The second kappa shape index (κ2) is 12.1. The van der Waals surface area contributed by atoms with E-state index < -0.39 is 0 Å². The number of carbonyl (C=O) groups excluding carboxylic acids is 2. The Morgan fingerprint density at radius 1 is 1.03 bits per heavy atom. The molecule has 3 fully saturated rings. The van der Waals surface area contributed by atoms with Gasteiger partial charge in [0.25, 0.3) is 0 Å². The van der Waals surface area contributed by atoms with Gasteiger partial charge in [-0.15, -0.1) is 0 Å². The zero-order valence-electron chi connectivity index (χ0n) is 22.9. The van der Waals surface area contributed by atoms with E-state index in [1.54, 1.807) is 0 Å². The lowest BCUT2D eigenvalue weighted by Crippen LogP contribution is -2.51. The van der Waals surface area contributed by atoms with Gasteiger partial charge >= 0.3 is 0 Å². The van der Waals surface area contributed by atoms with Crippen molar-refractivity contribution in [1.29, 1.82) is 5.41 Å². The van der Waals surface area contributed by atoms with Crippen LogP contribution in [0.2, 0.25) is 5.02 Å². The second-order valence-electron chi connectivity index (χ2n) is 11.6. The minimum absolute atomic E-state index is 0.00365. The molecule has 0 spiro atoms. The molecule has 1 saturated carbocycles. The van der Waals surface area contributed by atoms with Gasteiger partial charge in [0.05, 0.1) is 12.0 Å². The van der Waals surface area contributed by atoms with E-state index in [-0.39, 0.29) is 41.7 Å². The highest BCUT2D eigenvalue weighted by Crippen LogP contribution is 2.36. The smallest absolute Gasteiger partial charge is 0.228 e. The molecule has 0 radical (unpaired) electrons. The van der Waals surface area contributed by atoms with E-state index in [1.165, 1.54) is 12.8 Å². The zero-order valence-corrected chi connectivity index (χ0v) is 23.6. The van der Waals surface area contributed by atoms with Crippen LogP contribution in [0.3, 0.4) is 0 Å². The number of likely N-dealkylation sites (tertiary alicyclic amines) is 2. The van der Waals surface area contributed by atoms with Crippen molar-refractivity contribution in [3.05, 3.63) is 34.9 Å². The third-order valence-corrected chi connectivity index (χ3v) is 8.84. The van der Waals surface area contributed by atoms with Crippen molar-refractivity contribution in [2.75, 3.05) is 32.7 Å². The first-order valence-corrected chi connectivity index (χ1v) is 14.5.